The first-order valence-corrected chi connectivity index (χ1v) is 6.46. The summed E-state index contributed by atoms with van der Waals surface area (Å²) in [6.45, 7) is 3.39. The Morgan fingerprint density at radius 3 is 3.00 bits per heavy atom. The second-order valence-electron chi connectivity index (χ2n) is 4.91. The highest BCUT2D eigenvalue weighted by Crippen LogP contribution is 2.13. The topological polar surface area (TPSA) is 55.6 Å². The van der Waals surface area contributed by atoms with Crippen LogP contribution in [0.3, 0.4) is 0 Å². The third kappa shape index (κ3) is 3.75. The summed E-state index contributed by atoms with van der Waals surface area (Å²) in [5.74, 6) is -0.334. The molecule has 19 heavy (non-hydrogen) atoms. The van der Waals surface area contributed by atoms with Crippen molar-refractivity contribution < 1.29 is 13.9 Å². The average molecular weight is 266 g/mol. The van der Waals surface area contributed by atoms with E-state index in [1.807, 2.05) is 6.92 Å². The molecule has 4 nitrogen and oxygen atoms in total. The molecular formula is C14H19FN2O2. The molecule has 1 heterocycles. The first-order valence-electron chi connectivity index (χ1n) is 6.46. The first kappa shape index (κ1) is 14.0. The van der Waals surface area contributed by atoms with Crippen molar-refractivity contribution in [2.45, 2.75) is 25.6 Å². The molecule has 2 N–H and O–H groups in total. The van der Waals surface area contributed by atoms with Gasteiger partial charge in [0.2, 0.25) is 5.91 Å². The fourth-order valence-electron chi connectivity index (χ4n) is 2.31. The summed E-state index contributed by atoms with van der Waals surface area (Å²) in [5.41, 5.74) is 6.28. The average Bonchev–Trinajstić information content (AvgIpc) is 2.38. The van der Waals surface area contributed by atoms with Crippen LogP contribution in [0.5, 0.6) is 0 Å². The van der Waals surface area contributed by atoms with Gasteiger partial charge in [0.05, 0.1) is 18.6 Å². The molecule has 0 radical (unpaired) electrons. The zero-order valence-corrected chi connectivity index (χ0v) is 11.0. The Labute approximate surface area is 112 Å². The van der Waals surface area contributed by atoms with Crippen LogP contribution in [-0.4, -0.2) is 42.6 Å². The Balaban J connectivity index is 1.99. The number of carbonyl (C=O) groups excluding carboxylic acids is 1. The summed E-state index contributed by atoms with van der Waals surface area (Å²) < 4.78 is 18.7. The van der Waals surface area contributed by atoms with E-state index in [-0.39, 0.29) is 30.4 Å². The van der Waals surface area contributed by atoms with Gasteiger partial charge in [-0.1, -0.05) is 12.1 Å². The number of carbonyl (C=O) groups is 1. The fourth-order valence-corrected chi connectivity index (χ4v) is 2.31. The Bertz CT molecular complexity index is 453. The fraction of sp³-hybridized carbons (Fsp3) is 0.500. The summed E-state index contributed by atoms with van der Waals surface area (Å²) in [4.78, 5) is 13.9. The summed E-state index contributed by atoms with van der Waals surface area (Å²) in [7, 11) is 0. The van der Waals surface area contributed by atoms with Crippen molar-refractivity contribution in [3.63, 3.8) is 0 Å². The van der Waals surface area contributed by atoms with Gasteiger partial charge in [-0.3, -0.25) is 4.79 Å². The number of hydrogen-bond acceptors (Lipinski definition) is 3. The molecule has 0 bridgehead atoms. The van der Waals surface area contributed by atoms with Gasteiger partial charge < -0.3 is 15.4 Å². The number of amides is 1. The third-order valence-corrected chi connectivity index (χ3v) is 3.19. The minimum Gasteiger partial charge on any atom is -0.370 e. The summed E-state index contributed by atoms with van der Waals surface area (Å²) >= 11 is 0. The molecule has 1 aliphatic rings. The van der Waals surface area contributed by atoms with Crippen molar-refractivity contribution in [1.82, 2.24) is 4.90 Å². The van der Waals surface area contributed by atoms with E-state index in [9.17, 15) is 9.18 Å². The molecule has 2 atom stereocenters. The van der Waals surface area contributed by atoms with E-state index in [4.69, 9.17) is 10.5 Å². The van der Waals surface area contributed by atoms with E-state index in [0.29, 0.717) is 25.2 Å². The standard InChI is InChI=1S/C14H19FN2O2/c1-10-8-17(9-13(7-16)19-10)14(18)6-11-3-2-4-12(15)5-11/h2-5,10,13H,6-9,16H2,1H3. The Morgan fingerprint density at radius 2 is 2.32 bits per heavy atom. The molecular weight excluding hydrogens is 247 g/mol. The Kier molecular flexibility index (Phi) is 4.50. The van der Waals surface area contributed by atoms with Gasteiger partial charge in [-0.15, -0.1) is 0 Å². The molecule has 1 aromatic rings. The molecule has 2 unspecified atom stereocenters. The van der Waals surface area contributed by atoms with Gasteiger partial charge in [0, 0.05) is 19.6 Å². The highest BCUT2D eigenvalue weighted by molar-refractivity contribution is 5.79. The first-order chi connectivity index (χ1) is 9.08. The van der Waals surface area contributed by atoms with Gasteiger partial charge in [0.25, 0.3) is 0 Å². The van der Waals surface area contributed by atoms with E-state index in [0.717, 1.165) is 0 Å². The second-order valence-corrected chi connectivity index (χ2v) is 4.91. The SMILES string of the molecule is CC1CN(C(=O)Cc2cccc(F)c2)CC(CN)O1. The van der Waals surface area contributed by atoms with Gasteiger partial charge in [0.1, 0.15) is 5.82 Å². The molecule has 0 aliphatic carbocycles. The predicted octanol–water partition coefficient (Wildman–Crippen LogP) is 0.943. The molecule has 1 amide bonds. The molecule has 1 aromatic carbocycles. The zero-order chi connectivity index (χ0) is 13.8. The molecule has 0 spiro atoms. The lowest BCUT2D eigenvalue weighted by Crippen LogP contribution is -2.51. The highest BCUT2D eigenvalue weighted by Gasteiger charge is 2.27. The van der Waals surface area contributed by atoms with Gasteiger partial charge in [-0.05, 0) is 24.6 Å². The minimum absolute atomic E-state index is 0.0146. The monoisotopic (exact) mass is 266 g/mol. The maximum absolute atomic E-state index is 13.1. The van der Waals surface area contributed by atoms with Crippen LogP contribution < -0.4 is 5.73 Å². The van der Waals surface area contributed by atoms with Gasteiger partial charge in [-0.2, -0.15) is 0 Å². The van der Waals surface area contributed by atoms with E-state index in [1.54, 1.807) is 17.0 Å². The van der Waals surface area contributed by atoms with Crippen molar-refractivity contribution in [3.8, 4) is 0 Å². The van der Waals surface area contributed by atoms with Crippen molar-refractivity contribution in [2.24, 2.45) is 5.73 Å². The molecule has 1 aliphatic heterocycles. The lowest BCUT2D eigenvalue weighted by atomic mass is 10.1. The van der Waals surface area contributed by atoms with E-state index < -0.39 is 0 Å². The van der Waals surface area contributed by atoms with Gasteiger partial charge >= 0.3 is 0 Å². The normalized spacial score (nSPS) is 23.4. The number of morpholine rings is 1. The predicted molar refractivity (Wildman–Crippen MR) is 70.1 cm³/mol. The Morgan fingerprint density at radius 1 is 1.53 bits per heavy atom. The minimum atomic E-state index is -0.319. The molecule has 1 saturated heterocycles. The van der Waals surface area contributed by atoms with E-state index in [1.165, 1.54) is 12.1 Å². The smallest absolute Gasteiger partial charge is 0.227 e. The lowest BCUT2D eigenvalue weighted by Gasteiger charge is -2.36. The van der Waals surface area contributed by atoms with Crippen molar-refractivity contribution >= 4 is 5.91 Å². The number of benzene rings is 1. The van der Waals surface area contributed by atoms with Crippen LogP contribution in [0, 0.1) is 5.82 Å². The highest BCUT2D eigenvalue weighted by atomic mass is 19.1. The zero-order valence-electron chi connectivity index (χ0n) is 11.0. The molecule has 1 fully saturated rings. The molecule has 5 heteroatoms. The van der Waals surface area contributed by atoms with Crippen molar-refractivity contribution in [3.05, 3.63) is 35.6 Å². The lowest BCUT2D eigenvalue weighted by molar-refractivity contribution is -0.142. The maximum Gasteiger partial charge on any atom is 0.227 e. The Hall–Kier alpha value is -1.46. The molecule has 0 aromatic heterocycles. The quantitative estimate of drug-likeness (QED) is 0.886. The van der Waals surface area contributed by atoms with Crippen molar-refractivity contribution in [2.75, 3.05) is 19.6 Å². The second kappa shape index (κ2) is 6.12. The summed E-state index contributed by atoms with van der Waals surface area (Å²) in [5, 5.41) is 0. The van der Waals surface area contributed by atoms with Crippen LogP contribution in [0.4, 0.5) is 4.39 Å². The molecule has 104 valence electrons. The molecule has 2 rings (SSSR count). The van der Waals surface area contributed by atoms with Crippen LogP contribution in [0.15, 0.2) is 24.3 Å². The van der Waals surface area contributed by atoms with Crippen molar-refractivity contribution in [1.29, 1.82) is 0 Å². The van der Waals surface area contributed by atoms with Crippen LogP contribution in [-0.2, 0) is 16.0 Å². The number of hydrogen-bond donors (Lipinski definition) is 1. The van der Waals surface area contributed by atoms with Crippen LogP contribution in [0.2, 0.25) is 0 Å². The van der Waals surface area contributed by atoms with E-state index in [2.05, 4.69) is 0 Å². The van der Waals surface area contributed by atoms with Gasteiger partial charge in [0.15, 0.2) is 0 Å². The van der Waals surface area contributed by atoms with Crippen LogP contribution in [0.1, 0.15) is 12.5 Å². The summed E-state index contributed by atoms with van der Waals surface area (Å²) in [6, 6.07) is 6.13. The number of ether oxygens (including phenoxy) is 1. The maximum atomic E-state index is 13.1. The van der Waals surface area contributed by atoms with Gasteiger partial charge in [-0.25, -0.2) is 4.39 Å². The number of rotatable bonds is 3. The number of halogens is 1. The van der Waals surface area contributed by atoms with E-state index >= 15 is 0 Å². The van der Waals surface area contributed by atoms with Crippen LogP contribution in [0.25, 0.3) is 0 Å². The number of nitrogens with zero attached hydrogens (tertiary/aromatic N) is 1. The summed E-state index contributed by atoms with van der Waals surface area (Å²) in [6.07, 6.45) is 0.0841. The number of nitrogens with two attached hydrogens (primary N) is 1. The third-order valence-electron chi connectivity index (χ3n) is 3.19. The largest absolute Gasteiger partial charge is 0.370 e. The molecule has 0 saturated carbocycles. The van der Waals surface area contributed by atoms with Crippen LogP contribution >= 0.6 is 0 Å².